The van der Waals surface area contributed by atoms with Crippen LogP contribution < -0.4 is 5.32 Å². The first-order valence-electron chi connectivity index (χ1n) is 10.9. The quantitative estimate of drug-likeness (QED) is 0.251. The van der Waals surface area contributed by atoms with Gasteiger partial charge < -0.3 is 10.2 Å². The van der Waals surface area contributed by atoms with E-state index in [1.54, 1.807) is 18.2 Å². The Kier molecular flexibility index (Phi) is 8.85. The van der Waals surface area contributed by atoms with Crippen LogP contribution in [0.4, 0.5) is 26.3 Å². The molecule has 1 aliphatic heterocycles. The third-order valence-electron chi connectivity index (χ3n) is 5.92. The highest BCUT2D eigenvalue weighted by atomic mass is 127. The molecule has 1 heterocycles. The van der Waals surface area contributed by atoms with E-state index in [9.17, 15) is 31.1 Å². The topological polar surface area (TPSA) is 50.7 Å². The maximum Gasteiger partial charge on any atom is 0.416 e. The average Bonchev–Trinajstić information content (AvgIpc) is 3.24. The van der Waals surface area contributed by atoms with Crippen molar-refractivity contribution in [3.8, 4) is 0 Å². The van der Waals surface area contributed by atoms with Crippen molar-refractivity contribution in [2.24, 2.45) is 11.1 Å². The van der Waals surface area contributed by atoms with Gasteiger partial charge in [-0.15, -0.1) is 0 Å². The first kappa shape index (κ1) is 28.5. The standard InChI is InChI=1S/C24H22ClF6IN2O2/c1-3-12(2)22(35)33-11-14-5-4-13(8-18(14)32)19-10-20(36-34-19)21(24(29,30)31)15-6-16(23(26,27)28)9-17(25)7-15/h4-9,12,20-21H,3,10-11H2,1-2H3,(H,33,35). The molecule has 196 valence electrons. The van der Waals surface area contributed by atoms with Crippen molar-refractivity contribution >= 4 is 45.8 Å². The van der Waals surface area contributed by atoms with Crippen LogP contribution in [0.2, 0.25) is 5.02 Å². The fourth-order valence-electron chi connectivity index (χ4n) is 3.73. The Bertz CT molecular complexity index is 1150. The van der Waals surface area contributed by atoms with E-state index < -0.39 is 40.5 Å². The number of rotatable bonds is 7. The van der Waals surface area contributed by atoms with Gasteiger partial charge >= 0.3 is 12.4 Å². The molecule has 2 aromatic carbocycles. The monoisotopic (exact) mass is 646 g/mol. The molecule has 3 unspecified atom stereocenters. The molecule has 1 amide bonds. The molecule has 0 bridgehead atoms. The number of hydrogen-bond acceptors (Lipinski definition) is 3. The maximum atomic E-state index is 14.0. The van der Waals surface area contributed by atoms with Gasteiger partial charge in [0, 0.05) is 33.0 Å². The summed E-state index contributed by atoms with van der Waals surface area (Å²) >= 11 is 7.77. The maximum absolute atomic E-state index is 14.0. The third-order valence-corrected chi connectivity index (χ3v) is 7.15. The van der Waals surface area contributed by atoms with Crippen molar-refractivity contribution in [3.05, 3.63) is 67.2 Å². The van der Waals surface area contributed by atoms with Crippen molar-refractivity contribution in [2.45, 2.75) is 57.6 Å². The minimum absolute atomic E-state index is 0.0818. The van der Waals surface area contributed by atoms with Gasteiger partial charge in [-0.2, -0.15) is 26.3 Å². The fraction of sp³-hybridized carbons (Fsp3) is 0.417. The van der Waals surface area contributed by atoms with E-state index in [0.717, 1.165) is 15.2 Å². The molecule has 0 spiro atoms. The molecule has 1 N–H and O–H groups in total. The van der Waals surface area contributed by atoms with Crippen LogP contribution in [0.1, 0.15) is 54.9 Å². The lowest BCUT2D eigenvalue weighted by Gasteiger charge is -2.25. The van der Waals surface area contributed by atoms with Crippen LogP contribution in [0.3, 0.4) is 0 Å². The zero-order valence-electron chi connectivity index (χ0n) is 19.1. The molecule has 3 rings (SSSR count). The summed E-state index contributed by atoms with van der Waals surface area (Å²) < 4.78 is 82.3. The van der Waals surface area contributed by atoms with E-state index in [1.165, 1.54) is 0 Å². The van der Waals surface area contributed by atoms with Gasteiger partial charge in [0.25, 0.3) is 0 Å². The average molecular weight is 647 g/mol. The van der Waals surface area contributed by atoms with Gasteiger partial charge in [-0.3, -0.25) is 4.79 Å². The second kappa shape index (κ2) is 11.2. The van der Waals surface area contributed by atoms with Gasteiger partial charge in [-0.1, -0.05) is 42.7 Å². The van der Waals surface area contributed by atoms with E-state index in [-0.39, 0.29) is 24.0 Å². The fourth-order valence-corrected chi connectivity index (χ4v) is 4.68. The van der Waals surface area contributed by atoms with Crippen molar-refractivity contribution < 1.29 is 36.0 Å². The molecule has 4 nitrogen and oxygen atoms in total. The van der Waals surface area contributed by atoms with Crippen LogP contribution in [0.5, 0.6) is 0 Å². The Morgan fingerprint density at radius 1 is 1.19 bits per heavy atom. The van der Waals surface area contributed by atoms with Crippen LogP contribution in [0.15, 0.2) is 41.6 Å². The summed E-state index contributed by atoms with van der Waals surface area (Å²) in [5, 5.41) is 6.19. The number of carbonyl (C=O) groups excluding carboxylic acids is 1. The second-order valence-electron chi connectivity index (χ2n) is 8.51. The lowest BCUT2D eigenvalue weighted by Crippen LogP contribution is -2.32. The molecule has 2 aromatic rings. The summed E-state index contributed by atoms with van der Waals surface area (Å²) in [4.78, 5) is 17.1. The summed E-state index contributed by atoms with van der Waals surface area (Å²) in [5.74, 6) is -2.58. The Morgan fingerprint density at radius 2 is 1.89 bits per heavy atom. The van der Waals surface area contributed by atoms with E-state index in [4.69, 9.17) is 16.4 Å². The summed E-state index contributed by atoms with van der Waals surface area (Å²) in [7, 11) is 0. The molecule has 12 heteroatoms. The molecule has 0 radical (unpaired) electrons. The predicted octanol–water partition coefficient (Wildman–Crippen LogP) is 7.46. The molecule has 0 fully saturated rings. The minimum Gasteiger partial charge on any atom is -0.391 e. The van der Waals surface area contributed by atoms with Crippen LogP contribution in [0.25, 0.3) is 0 Å². The number of oxime groups is 1. The summed E-state index contributed by atoms with van der Waals surface area (Å²) in [6, 6.07) is 6.97. The van der Waals surface area contributed by atoms with Crippen molar-refractivity contribution in [1.82, 2.24) is 5.32 Å². The first-order valence-corrected chi connectivity index (χ1v) is 12.4. The van der Waals surface area contributed by atoms with Gasteiger partial charge in [0.1, 0.15) is 12.0 Å². The van der Waals surface area contributed by atoms with E-state index >= 15 is 0 Å². The van der Waals surface area contributed by atoms with Gasteiger partial charge in [0.2, 0.25) is 5.91 Å². The highest BCUT2D eigenvalue weighted by Gasteiger charge is 2.50. The number of benzene rings is 2. The highest BCUT2D eigenvalue weighted by molar-refractivity contribution is 14.1. The van der Waals surface area contributed by atoms with Gasteiger partial charge in [-0.25, -0.2) is 0 Å². The van der Waals surface area contributed by atoms with Gasteiger partial charge in [0.05, 0.1) is 11.3 Å². The molecule has 0 saturated carbocycles. The summed E-state index contributed by atoms with van der Waals surface area (Å²) in [6.45, 7) is 4.02. The normalized spacial score (nSPS) is 17.8. The summed E-state index contributed by atoms with van der Waals surface area (Å²) in [6.07, 6.45) is -10.9. The minimum atomic E-state index is -4.91. The molecule has 3 atom stereocenters. The third kappa shape index (κ3) is 6.84. The van der Waals surface area contributed by atoms with Gasteiger partial charge in [-0.05, 0) is 64.4 Å². The number of amides is 1. The Hall–Kier alpha value is -2.02. The van der Waals surface area contributed by atoms with Crippen molar-refractivity contribution in [2.75, 3.05) is 0 Å². The molecular weight excluding hydrogens is 625 g/mol. The molecular formula is C24H22ClF6IN2O2. The lowest BCUT2D eigenvalue weighted by molar-refractivity contribution is -0.176. The SMILES string of the molecule is CCC(C)C(=O)NCc1ccc(C2=NOC(C(c3cc(Cl)cc(C(F)(F)F)c3)C(F)(F)F)C2)cc1I. The van der Waals surface area contributed by atoms with E-state index in [1.807, 2.05) is 13.8 Å². The lowest BCUT2D eigenvalue weighted by atomic mass is 9.88. The molecule has 0 saturated heterocycles. The van der Waals surface area contributed by atoms with E-state index in [0.29, 0.717) is 30.7 Å². The smallest absolute Gasteiger partial charge is 0.391 e. The largest absolute Gasteiger partial charge is 0.416 e. The highest BCUT2D eigenvalue weighted by Crippen LogP contribution is 2.44. The first-order chi connectivity index (χ1) is 16.7. The summed E-state index contributed by atoms with van der Waals surface area (Å²) in [5.41, 5.74) is -0.351. The second-order valence-corrected chi connectivity index (χ2v) is 10.1. The van der Waals surface area contributed by atoms with Crippen molar-refractivity contribution in [3.63, 3.8) is 0 Å². The van der Waals surface area contributed by atoms with Crippen LogP contribution >= 0.6 is 34.2 Å². The number of halogens is 8. The Labute approximate surface area is 222 Å². The van der Waals surface area contributed by atoms with Gasteiger partial charge in [0.15, 0.2) is 0 Å². The number of carbonyl (C=O) groups is 1. The molecule has 36 heavy (non-hydrogen) atoms. The molecule has 0 aromatic heterocycles. The molecule has 0 aliphatic carbocycles. The van der Waals surface area contributed by atoms with Crippen LogP contribution in [-0.4, -0.2) is 23.9 Å². The number of nitrogens with one attached hydrogen (secondary N) is 1. The van der Waals surface area contributed by atoms with Crippen molar-refractivity contribution in [1.29, 1.82) is 0 Å². The predicted molar refractivity (Wildman–Crippen MR) is 132 cm³/mol. The van der Waals surface area contributed by atoms with E-state index in [2.05, 4.69) is 33.1 Å². The molecule has 1 aliphatic rings. The Morgan fingerprint density at radius 3 is 2.47 bits per heavy atom. The Balaban J connectivity index is 1.80. The van der Waals surface area contributed by atoms with Crippen LogP contribution in [-0.2, 0) is 22.4 Å². The van der Waals surface area contributed by atoms with Crippen LogP contribution in [0, 0.1) is 9.49 Å². The zero-order valence-corrected chi connectivity index (χ0v) is 22.0. The number of alkyl halides is 6. The number of hydrogen-bond donors (Lipinski definition) is 1. The zero-order chi connectivity index (χ0) is 26.8. The number of nitrogens with zero attached hydrogens (tertiary/aromatic N) is 1.